The Hall–Kier alpha value is -2.98. The third-order valence-corrected chi connectivity index (χ3v) is 6.80. The highest BCUT2D eigenvalue weighted by atomic mass is 32.1. The monoisotopic (exact) mass is 585 g/mol. The molecule has 0 saturated carbocycles. The second-order valence-electron chi connectivity index (χ2n) is 8.81. The number of aliphatic carboxylic acids is 2. The molecule has 2 aliphatic rings. The van der Waals surface area contributed by atoms with Crippen LogP contribution >= 0.6 is 11.3 Å². The number of nitrogens with zero attached hydrogens (tertiary/aromatic N) is 5. The molecule has 2 aromatic rings. The molecule has 0 atom stereocenters. The molecule has 39 heavy (non-hydrogen) atoms. The largest absolute Gasteiger partial charge is 0.490 e. The summed E-state index contributed by atoms with van der Waals surface area (Å²) in [5, 5.41) is 14.2. The summed E-state index contributed by atoms with van der Waals surface area (Å²) < 4.78 is 63.5. The quantitative estimate of drug-likeness (QED) is 0.524. The normalized spacial score (nSPS) is 16.7. The molecule has 0 spiro atoms. The van der Waals surface area contributed by atoms with Crippen LogP contribution in [0.4, 0.5) is 32.2 Å². The SMILES string of the molecule is Cc1ccc(CN2CCc3ncnc(N4CCN(C)CC4)c3CC2)s1.O=C(O)C(F)(F)F.O=C(O)C(F)(F)F. The van der Waals surface area contributed by atoms with Gasteiger partial charge in [0.25, 0.3) is 0 Å². The minimum Gasteiger partial charge on any atom is -0.475 e. The maximum absolute atomic E-state index is 10.6. The molecule has 1 fully saturated rings. The van der Waals surface area contributed by atoms with E-state index in [1.807, 2.05) is 11.3 Å². The van der Waals surface area contributed by atoms with Crippen molar-refractivity contribution < 1.29 is 46.1 Å². The van der Waals surface area contributed by atoms with Gasteiger partial charge in [-0.25, -0.2) is 19.6 Å². The third kappa shape index (κ3) is 10.6. The summed E-state index contributed by atoms with van der Waals surface area (Å²) in [6.07, 6.45) is -6.31. The van der Waals surface area contributed by atoms with Crippen LogP contribution in [0.2, 0.25) is 0 Å². The van der Waals surface area contributed by atoms with Crippen molar-refractivity contribution in [2.24, 2.45) is 0 Å². The van der Waals surface area contributed by atoms with E-state index in [1.54, 1.807) is 6.33 Å². The molecular weight excluding hydrogens is 556 g/mol. The van der Waals surface area contributed by atoms with Gasteiger partial charge >= 0.3 is 24.3 Å². The number of likely N-dealkylation sites (N-methyl/N-ethyl adjacent to an activating group) is 1. The number of carboxylic acid groups (broad SMARTS) is 2. The molecule has 0 aliphatic carbocycles. The first kappa shape index (κ1) is 32.2. The van der Waals surface area contributed by atoms with E-state index in [0.717, 1.165) is 58.7 Å². The minimum atomic E-state index is -5.08. The number of halogens is 6. The Morgan fingerprint density at radius 3 is 1.92 bits per heavy atom. The first-order chi connectivity index (χ1) is 18.1. The molecule has 0 unspecified atom stereocenters. The molecule has 4 heterocycles. The maximum atomic E-state index is 10.6. The van der Waals surface area contributed by atoms with Crippen molar-refractivity contribution in [3.8, 4) is 0 Å². The number of hydrogen-bond acceptors (Lipinski definition) is 8. The molecule has 0 bridgehead atoms. The van der Waals surface area contributed by atoms with Gasteiger partial charge in [0.2, 0.25) is 0 Å². The topological polar surface area (TPSA) is 110 Å². The number of fused-ring (bicyclic) bond motifs is 1. The minimum absolute atomic E-state index is 1.03. The standard InChI is InChI=1S/C19H27N5S.2C2HF3O2/c1-15-3-4-16(25-15)13-23-7-5-17-18(6-8-23)20-14-21-19(17)24-11-9-22(2)10-12-24;2*3-2(4,5)1(6)7/h3-4,14H,5-13H2,1-2H3;2*(H,6,7). The molecule has 0 radical (unpaired) electrons. The van der Waals surface area contributed by atoms with Crippen molar-refractivity contribution in [2.75, 3.05) is 51.2 Å². The second-order valence-corrected chi connectivity index (χ2v) is 10.2. The lowest BCUT2D eigenvalue weighted by molar-refractivity contribution is -0.193. The fourth-order valence-corrected chi connectivity index (χ4v) is 4.73. The van der Waals surface area contributed by atoms with Gasteiger partial charge in [0.05, 0.1) is 5.69 Å². The van der Waals surface area contributed by atoms with E-state index in [1.165, 1.54) is 26.8 Å². The van der Waals surface area contributed by atoms with Gasteiger partial charge < -0.3 is 20.0 Å². The Balaban J connectivity index is 0.000000317. The number of carbonyl (C=O) groups is 2. The highest BCUT2D eigenvalue weighted by Crippen LogP contribution is 2.26. The first-order valence-corrected chi connectivity index (χ1v) is 12.5. The smallest absolute Gasteiger partial charge is 0.475 e. The fourth-order valence-electron chi connectivity index (χ4n) is 3.79. The highest BCUT2D eigenvalue weighted by molar-refractivity contribution is 7.11. The van der Waals surface area contributed by atoms with Crippen LogP contribution < -0.4 is 4.90 Å². The maximum Gasteiger partial charge on any atom is 0.490 e. The van der Waals surface area contributed by atoms with E-state index in [4.69, 9.17) is 19.8 Å². The van der Waals surface area contributed by atoms with E-state index in [-0.39, 0.29) is 0 Å². The van der Waals surface area contributed by atoms with Gasteiger partial charge in [-0.2, -0.15) is 26.3 Å². The van der Waals surface area contributed by atoms with Gasteiger partial charge in [-0.15, -0.1) is 11.3 Å². The molecule has 1 saturated heterocycles. The van der Waals surface area contributed by atoms with E-state index >= 15 is 0 Å². The Morgan fingerprint density at radius 1 is 0.897 bits per heavy atom. The zero-order chi connectivity index (χ0) is 29.4. The number of rotatable bonds is 3. The lowest BCUT2D eigenvalue weighted by atomic mass is 10.1. The van der Waals surface area contributed by atoms with Gasteiger partial charge in [-0.1, -0.05) is 0 Å². The molecule has 16 heteroatoms. The summed E-state index contributed by atoms with van der Waals surface area (Å²) in [6, 6.07) is 4.50. The number of carboxylic acids is 2. The Morgan fingerprint density at radius 2 is 1.44 bits per heavy atom. The number of thiophene rings is 1. The van der Waals surface area contributed by atoms with Gasteiger partial charge in [0.15, 0.2) is 0 Å². The van der Waals surface area contributed by atoms with Crippen LogP contribution in [0.1, 0.15) is 21.0 Å². The van der Waals surface area contributed by atoms with Crippen LogP contribution in [-0.2, 0) is 29.0 Å². The van der Waals surface area contributed by atoms with E-state index in [9.17, 15) is 26.3 Å². The first-order valence-electron chi connectivity index (χ1n) is 11.7. The highest BCUT2D eigenvalue weighted by Gasteiger charge is 2.38. The van der Waals surface area contributed by atoms with Gasteiger partial charge in [-0.3, -0.25) is 4.90 Å². The predicted octanol–water partition coefficient (Wildman–Crippen LogP) is 3.47. The number of piperazine rings is 1. The van der Waals surface area contributed by atoms with E-state index in [0.29, 0.717) is 0 Å². The van der Waals surface area contributed by atoms with Crippen LogP contribution in [0.25, 0.3) is 0 Å². The summed E-state index contributed by atoms with van der Waals surface area (Å²) in [5.74, 6) is -4.33. The summed E-state index contributed by atoms with van der Waals surface area (Å²) >= 11 is 1.92. The fraction of sp³-hybridized carbons (Fsp3) is 0.565. The zero-order valence-corrected chi connectivity index (χ0v) is 22.0. The van der Waals surface area contributed by atoms with Gasteiger partial charge in [0.1, 0.15) is 12.1 Å². The molecule has 9 nitrogen and oxygen atoms in total. The molecule has 0 amide bonds. The summed E-state index contributed by atoms with van der Waals surface area (Å²) in [4.78, 5) is 37.4. The van der Waals surface area contributed by atoms with Crippen LogP contribution in [0.15, 0.2) is 18.5 Å². The van der Waals surface area contributed by atoms with Gasteiger partial charge in [0, 0.05) is 67.6 Å². The lowest BCUT2D eigenvalue weighted by Gasteiger charge is -2.34. The van der Waals surface area contributed by atoms with Crippen molar-refractivity contribution >= 4 is 29.1 Å². The molecule has 2 N–H and O–H groups in total. The van der Waals surface area contributed by atoms with Crippen LogP contribution in [0, 0.1) is 6.92 Å². The number of aryl methyl sites for hydroxylation is 1. The van der Waals surface area contributed by atoms with Crippen molar-refractivity contribution in [1.29, 1.82) is 0 Å². The van der Waals surface area contributed by atoms with Crippen LogP contribution in [-0.4, -0.2) is 101 Å². The molecule has 4 rings (SSSR count). The second kappa shape index (κ2) is 13.9. The molecule has 2 aliphatic heterocycles. The third-order valence-electron chi connectivity index (χ3n) is 5.82. The Kier molecular flexibility index (Phi) is 11.5. The average Bonchev–Trinajstić information content (AvgIpc) is 3.13. The number of alkyl halides is 6. The van der Waals surface area contributed by atoms with E-state index < -0.39 is 24.3 Å². The lowest BCUT2D eigenvalue weighted by Crippen LogP contribution is -2.45. The molecule has 2 aromatic heterocycles. The predicted molar refractivity (Wildman–Crippen MR) is 131 cm³/mol. The zero-order valence-electron chi connectivity index (χ0n) is 21.2. The van der Waals surface area contributed by atoms with Crippen LogP contribution in [0.3, 0.4) is 0 Å². The average molecular weight is 586 g/mol. The molecule has 0 aromatic carbocycles. The molecule has 218 valence electrons. The summed E-state index contributed by atoms with van der Waals surface area (Å²) in [6.45, 7) is 9.79. The Labute approximate surface area is 224 Å². The van der Waals surface area contributed by atoms with Crippen molar-refractivity contribution in [2.45, 2.75) is 38.7 Å². The Bertz CT molecular complexity index is 1080. The van der Waals surface area contributed by atoms with Crippen molar-refractivity contribution in [1.82, 2.24) is 19.8 Å². The van der Waals surface area contributed by atoms with Gasteiger partial charge in [-0.05, 0) is 32.5 Å². The van der Waals surface area contributed by atoms with Crippen LogP contribution in [0.5, 0.6) is 0 Å². The van der Waals surface area contributed by atoms with Crippen molar-refractivity contribution in [3.05, 3.63) is 39.5 Å². The van der Waals surface area contributed by atoms with Crippen molar-refractivity contribution in [3.63, 3.8) is 0 Å². The van der Waals surface area contributed by atoms with E-state index in [2.05, 4.69) is 50.8 Å². The summed E-state index contributed by atoms with van der Waals surface area (Å²) in [7, 11) is 2.20. The number of anilines is 1. The summed E-state index contributed by atoms with van der Waals surface area (Å²) in [5.41, 5.74) is 2.64. The number of aromatic nitrogens is 2. The molecular formula is C23H29F6N5O4S. The number of hydrogen-bond donors (Lipinski definition) is 2.